The van der Waals surface area contributed by atoms with Crippen molar-refractivity contribution in [2.45, 2.75) is 92.5 Å². The third-order valence-electron chi connectivity index (χ3n) is 5.23. The van der Waals surface area contributed by atoms with Crippen LogP contribution in [0, 0.1) is 0 Å². The molecule has 0 saturated heterocycles. The molecule has 2 heteroatoms. The van der Waals surface area contributed by atoms with Crippen LogP contribution in [0.5, 0.6) is 0 Å². The molecule has 0 spiro atoms. The summed E-state index contributed by atoms with van der Waals surface area (Å²) >= 11 is 0. The molecular weight excluding hydrogens is 388 g/mol. The third kappa shape index (κ3) is 14.3. The fourth-order valence-corrected chi connectivity index (χ4v) is 2.20. The van der Waals surface area contributed by atoms with Gasteiger partial charge in [-0.05, 0) is 69.0 Å². The predicted octanol–water partition coefficient (Wildman–Crippen LogP) is 8.41. The van der Waals surface area contributed by atoms with Crippen molar-refractivity contribution in [1.29, 1.82) is 0 Å². The molecule has 0 fully saturated rings. The van der Waals surface area contributed by atoms with E-state index in [9.17, 15) is 0 Å². The molecule has 0 aromatic heterocycles. The van der Waals surface area contributed by atoms with Crippen molar-refractivity contribution in [3.8, 4) is 0 Å². The van der Waals surface area contributed by atoms with E-state index in [0.717, 1.165) is 0 Å². The summed E-state index contributed by atoms with van der Waals surface area (Å²) in [4.78, 5) is 4.30. The average molecular weight is 443 g/mol. The summed E-state index contributed by atoms with van der Waals surface area (Å²) < 4.78 is 0. The standard InChI is InChI=1S/C12H19N.C10H14.C6H15N.C2H6/c1-12(2,3)10-6-8-11(9-7-10)13(4)5;1-10(2,3)9-7-5-4-6-8-9;1-6(2,3)7(4)5;1-2/h6-9H,1-5H3;4-8H,1-3H3;1-5H3;1-2H3. The Labute approximate surface area is 202 Å². The summed E-state index contributed by atoms with van der Waals surface area (Å²) in [6.45, 7) is 23.9. The number of anilines is 1. The normalized spacial score (nSPS) is 11.2. The van der Waals surface area contributed by atoms with Crippen molar-refractivity contribution in [2.75, 3.05) is 33.1 Å². The van der Waals surface area contributed by atoms with E-state index in [1.165, 1.54) is 16.8 Å². The van der Waals surface area contributed by atoms with E-state index in [0.29, 0.717) is 11.0 Å². The fourth-order valence-electron chi connectivity index (χ4n) is 2.20. The van der Waals surface area contributed by atoms with E-state index in [1.807, 2.05) is 13.8 Å². The first-order chi connectivity index (χ1) is 14.5. The zero-order valence-corrected chi connectivity index (χ0v) is 24.1. The summed E-state index contributed by atoms with van der Waals surface area (Å²) in [6, 6.07) is 19.3. The summed E-state index contributed by atoms with van der Waals surface area (Å²) in [5.74, 6) is 0. The van der Waals surface area contributed by atoms with Crippen LogP contribution in [0.15, 0.2) is 54.6 Å². The molecule has 0 atom stereocenters. The molecule has 2 nitrogen and oxygen atoms in total. The Morgan fingerprint density at radius 1 is 0.500 bits per heavy atom. The van der Waals surface area contributed by atoms with E-state index in [1.54, 1.807) is 0 Å². The zero-order chi connectivity index (χ0) is 25.8. The first-order valence-electron chi connectivity index (χ1n) is 12.0. The SMILES string of the molecule is CC.CC(C)(C)c1ccccc1.CN(C)C(C)(C)C.CN(C)c1ccc(C(C)(C)C)cc1. The molecular formula is C30H54N2. The maximum Gasteiger partial charge on any atom is 0.0361 e. The molecule has 0 aliphatic rings. The van der Waals surface area contributed by atoms with E-state index in [4.69, 9.17) is 0 Å². The molecule has 0 radical (unpaired) electrons. The molecule has 0 amide bonds. The van der Waals surface area contributed by atoms with E-state index in [-0.39, 0.29) is 5.41 Å². The predicted molar refractivity (Wildman–Crippen MR) is 149 cm³/mol. The van der Waals surface area contributed by atoms with Crippen LogP contribution in [0.3, 0.4) is 0 Å². The van der Waals surface area contributed by atoms with Crippen LogP contribution in [0.1, 0.15) is 87.3 Å². The fraction of sp³-hybridized carbons (Fsp3) is 0.600. The minimum absolute atomic E-state index is 0.255. The van der Waals surface area contributed by atoms with E-state index >= 15 is 0 Å². The molecule has 0 heterocycles. The second-order valence-electron chi connectivity index (χ2n) is 11.4. The van der Waals surface area contributed by atoms with Gasteiger partial charge in [0.15, 0.2) is 0 Å². The van der Waals surface area contributed by atoms with Crippen molar-refractivity contribution >= 4 is 5.69 Å². The molecule has 32 heavy (non-hydrogen) atoms. The first kappa shape index (κ1) is 32.4. The van der Waals surface area contributed by atoms with Crippen molar-refractivity contribution in [1.82, 2.24) is 4.90 Å². The van der Waals surface area contributed by atoms with Crippen LogP contribution in [0.25, 0.3) is 0 Å². The Hall–Kier alpha value is -1.80. The summed E-state index contributed by atoms with van der Waals surface area (Å²) in [7, 11) is 8.29. The van der Waals surface area contributed by atoms with Crippen LogP contribution >= 0.6 is 0 Å². The van der Waals surface area contributed by atoms with Crippen LogP contribution in [0.4, 0.5) is 5.69 Å². The first-order valence-corrected chi connectivity index (χ1v) is 12.0. The van der Waals surface area contributed by atoms with Crippen molar-refractivity contribution in [3.05, 3.63) is 65.7 Å². The highest BCUT2D eigenvalue weighted by molar-refractivity contribution is 5.47. The van der Waals surface area contributed by atoms with Gasteiger partial charge in [0.25, 0.3) is 0 Å². The molecule has 0 N–H and O–H groups in total. The van der Waals surface area contributed by atoms with Gasteiger partial charge in [-0.2, -0.15) is 0 Å². The van der Waals surface area contributed by atoms with Crippen LogP contribution in [0.2, 0.25) is 0 Å². The number of rotatable bonds is 1. The van der Waals surface area contributed by atoms with Gasteiger partial charge in [0.2, 0.25) is 0 Å². The molecule has 0 aliphatic carbocycles. The van der Waals surface area contributed by atoms with Gasteiger partial charge < -0.3 is 9.80 Å². The Morgan fingerprint density at radius 3 is 1.03 bits per heavy atom. The molecule has 2 rings (SSSR count). The Kier molecular flexibility index (Phi) is 14.5. The van der Waals surface area contributed by atoms with Crippen LogP contribution in [-0.4, -0.2) is 38.6 Å². The van der Waals surface area contributed by atoms with Gasteiger partial charge in [-0.3, -0.25) is 0 Å². The maximum atomic E-state index is 2.23. The molecule has 0 bridgehead atoms. The second kappa shape index (κ2) is 14.4. The highest BCUT2D eigenvalue weighted by Crippen LogP contribution is 2.24. The average Bonchev–Trinajstić information content (AvgIpc) is 2.69. The van der Waals surface area contributed by atoms with Gasteiger partial charge in [-0.1, -0.05) is 97.9 Å². The zero-order valence-electron chi connectivity index (χ0n) is 24.1. The Balaban J connectivity index is 0. The molecule has 0 aliphatic heterocycles. The largest absolute Gasteiger partial charge is 0.378 e. The smallest absolute Gasteiger partial charge is 0.0361 e. The topological polar surface area (TPSA) is 6.48 Å². The highest BCUT2D eigenvalue weighted by atomic mass is 15.1. The van der Waals surface area contributed by atoms with E-state index in [2.05, 4.69) is 155 Å². The number of hydrogen-bond acceptors (Lipinski definition) is 2. The lowest BCUT2D eigenvalue weighted by atomic mass is 9.87. The summed E-state index contributed by atoms with van der Waals surface area (Å²) in [6.07, 6.45) is 0. The van der Waals surface area contributed by atoms with Gasteiger partial charge in [-0.15, -0.1) is 0 Å². The van der Waals surface area contributed by atoms with Crippen LogP contribution in [-0.2, 0) is 10.8 Å². The number of benzene rings is 2. The number of hydrogen-bond donors (Lipinski definition) is 0. The molecule has 2 aromatic carbocycles. The van der Waals surface area contributed by atoms with Gasteiger partial charge in [0, 0.05) is 25.3 Å². The van der Waals surface area contributed by atoms with Gasteiger partial charge in [-0.25, -0.2) is 0 Å². The highest BCUT2D eigenvalue weighted by Gasteiger charge is 2.13. The molecule has 0 saturated carbocycles. The maximum absolute atomic E-state index is 2.23. The minimum atomic E-state index is 0.255. The Morgan fingerprint density at radius 2 is 0.812 bits per heavy atom. The quantitative estimate of drug-likeness (QED) is 0.437. The summed E-state index contributed by atoms with van der Waals surface area (Å²) in [5, 5.41) is 0. The van der Waals surface area contributed by atoms with Crippen molar-refractivity contribution < 1.29 is 0 Å². The number of nitrogens with zero attached hydrogens (tertiary/aromatic N) is 2. The van der Waals surface area contributed by atoms with Gasteiger partial charge in [0.1, 0.15) is 0 Å². The monoisotopic (exact) mass is 442 g/mol. The van der Waals surface area contributed by atoms with Gasteiger partial charge >= 0.3 is 0 Å². The lowest BCUT2D eigenvalue weighted by molar-refractivity contribution is 0.219. The third-order valence-corrected chi connectivity index (χ3v) is 5.23. The molecule has 0 unspecified atom stereocenters. The second-order valence-corrected chi connectivity index (χ2v) is 11.4. The lowest BCUT2D eigenvalue weighted by Crippen LogP contribution is -2.34. The van der Waals surface area contributed by atoms with Crippen molar-refractivity contribution in [2.24, 2.45) is 0 Å². The Bertz CT molecular complexity index is 692. The van der Waals surface area contributed by atoms with Gasteiger partial charge in [0.05, 0.1) is 0 Å². The van der Waals surface area contributed by atoms with Crippen LogP contribution < -0.4 is 4.90 Å². The molecule has 184 valence electrons. The lowest BCUT2D eigenvalue weighted by Gasteiger charge is -2.27. The van der Waals surface area contributed by atoms with E-state index < -0.39 is 0 Å². The minimum Gasteiger partial charge on any atom is -0.378 e. The summed E-state index contributed by atoms with van der Waals surface area (Å²) in [5.41, 5.74) is 4.92. The van der Waals surface area contributed by atoms with Crippen molar-refractivity contribution in [3.63, 3.8) is 0 Å². The molecule has 2 aromatic rings.